The Morgan fingerprint density at radius 1 is 0.597 bits per heavy atom. The van der Waals surface area contributed by atoms with Crippen LogP contribution in [0.5, 0.6) is 5.75 Å². The van der Waals surface area contributed by atoms with E-state index >= 15 is 0 Å². The molecule has 9 N–H and O–H groups in total. The van der Waals surface area contributed by atoms with E-state index < -0.39 is 74.9 Å². The molecule has 0 saturated carbocycles. The number of amides is 1. The molecule has 1 amide bonds. The number of fused-ring (bicyclic) bond motifs is 1. The second-order valence-corrected chi connectivity index (χ2v) is 23.1. The SMILES string of the molecule is O=C(Nc1cccc(S(=O)(=O)CCOS(=O)(=O)O)c1)c1ccc(N=Nc2c(SOOO)cc3cc(Nc4nc(Nc5ccc(S(=O)(=O)CCOSOOO)cc5)nc(Nc5cccc(S(=O)(=O)O)c5)n4)ccc3c2O)cc1. The van der Waals surface area contributed by atoms with Gasteiger partial charge in [0.25, 0.3) is 16.0 Å². The number of carbonyl (C=O) groups is 1. The van der Waals surface area contributed by atoms with Crippen LogP contribution in [0.3, 0.4) is 0 Å². The summed E-state index contributed by atoms with van der Waals surface area (Å²) in [6.45, 7) is -1.15. The molecule has 7 aromatic rings. The topological polar surface area (TPSA) is 422 Å². The van der Waals surface area contributed by atoms with Crippen molar-refractivity contribution in [1.82, 2.24) is 15.0 Å². The van der Waals surface area contributed by atoms with Gasteiger partial charge in [0.1, 0.15) is 5.69 Å². The summed E-state index contributed by atoms with van der Waals surface area (Å²) in [6.07, 6.45) is 0. The zero-order chi connectivity index (χ0) is 55.4. The molecule has 29 nitrogen and oxygen atoms in total. The Kier molecular flexibility index (Phi) is 19.0. The van der Waals surface area contributed by atoms with Crippen molar-refractivity contribution >= 4 is 133 Å². The van der Waals surface area contributed by atoms with E-state index in [1.54, 1.807) is 12.1 Å². The molecule has 0 bridgehead atoms. The first kappa shape index (κ1) is 57.7. The highest BCUT2D eigenvalue weighted by atomic mass is 32.3. The molecule has 0 aliphatic heterocycles. The minimum atomic E-state index is -4.86. The second-order valence-electron chi connectivity index (χ2n) is 15.1. The first-order valence-corrected chi connectivity index (χ1v) is 28.6. The van der Waals surface area contributed by atoms with Gasteiger partial charge in [-0.1, -0.05) is 22.2 Å². The van der Waals surface area contributed by atoms with Gasteiger partial charge in [0.05, 0.1) is 62.0 Å². The van der Waals surface area contributed by atoms with Crippen molar-refractivity contribution in [1.29, 1.82) is 0 Å². The summed E-state index contributed by atoms with van der Waals surface area (Å²) in [5.74, 6) is -2.60. The van der Waals surface area contributed by atoms with Crippen molar-refractivity contribution in [3.63, 3.8) is 0 Å². The van der Waals surface area contributed by atoms with Gasteiger partial charge in [-0.3, -0.25) is 18.1 Å². The molecule has 7 rings (SSSR count). The van der Waals surface area contributed by atoms with Gasteiger partial charge in [-0.2, -0.15) is 36.9 Å². The third-order valence-corrected chi connectivity index (χ3v) is 15.6. The molecule has 0 radical (unpaired) electrons. The molecular formula is C42H37N9O20S6. The molecule has 0 unspecified atom stereocenters. The number of nitrogens with zero attached hydrogens (tertiary/aromatic N) is 5. The number of hydrogen-bond donors (Lipinski definition) is 9. The van der Waals surface area contributed by atoms with Gasteiger partial charge >= 0.3 is 10.4 Å². The maximum Gasteiger partial charge on any atom is 0.397 e. The normalized spacial score (nSPS) is 12.2. The van der Waals surface area contributed by atoms with Gasteiger partial charge in [-0.15, -0.1) is 13.8 Å². The van der Waals surface area contributed by atoms with E-state index in [2.05, 4.69) is 69.4 Å². The molecule has 406 valence electrons. The number of rotatable bonds is 26. The van der Waals surface area contributed by atoms with Crippen molar-refractivity contribution < 1.29 is 90.3 Å². The number of hydrogen-bond acceptors (Lipinski definition) is 28. The van der Waals surface area contributed by atoms with Gasteiger partial charge in [-0.05, 0) is 115 Å². The standard InChI is InChI=1S/C42H37N9O20S6/c52-38-35-16-13-31(46-42-48-40(47-41(49-42)45-30-4-2-6-34(24-30)76(60,61)62)44-27-11-14-32(15-12-27)74(56,57)19-17-66-73-71-69-55)21-26(35)22-36(72-70-68-54)37(38)51-50-28-9-7-25(8-10-28)39(53)43-29-3-1-5-33(23-29)75(58,59)20-18-67-77(63,64)65/h1-16,21-24,52,54-55H,17-20H2,(H,43,53)(H,60,61,62)(H,63,64,65)(H3,44,45,46,47,48,49). The van der Waals surface area contributed by atoms with E-state index in [-0.39, 0.29) is 85.2 Å². The predicted molar refractivity (Wildman–Crippen MR) is 274 cm³/mol. The smallest absolute Gasteiger partial charge is 0.397 e. The van der Waals surface area contributed by atoms with Crippen LogP contribution in [0.1, 0.15) is 10.4 Å². The van der Waals surface area contributed by atoms with E-state index in [0.717, 1.165) is 12.1 Å². The quantitative estimate of drug-likeness (QED) is 0.00627. The highest BCUT2D eigenvalue weighted by Crippen LogP contribution is 2.45. The molecule has 35 heteroatoms. The lowest BCUT2D eigenvalue weighted by Crippen LogP contribution is -2.16. The summed E-state index contributed by atoms with van der Waals surface area (Å²) in [7, 11) is -17.4. The van der Waals surface area contributed by atoms with Crippen LogP contribution >= 0.6 is 24.4 Å². The van der Waals surface area contributed by atoms with Crippen LogP contribution in [0.2, 0.25) is 0 Å². The van der Waals surface area contributed by atoms with E-state index in [0.29, 0.717) is 28.8 Å². The third kappa shape index (κ3) is 16.5. The maximum absolute atomic E-state index is 13.1. The summed E-state index contributed by atoms with van der Waals surface area (Å²) >= 11 is 0.684. The Labute approximate surface area is 444 Å². The lowest BCUT2D eigenvalue weighted by atomic mass is 10.1. The molecule has 0 saturated heterocycles. The summed E-state index contributed by atoms with van der Waals surface area (Å²) < 4.78 is 132. The van der Waals surface area contributed by atoms with E-state index in [4.69, 9.17) is 19.3 Å². The zero-order valence-electron chi connectivity index (χ0n) is 38.4. The van der Waals surface area contributed by atoms with Crippen LogP contribution in [0.15, 0.2) is 151 Å². The van der Waals surface area contributed by atoms with Crippen LogP contribution in [-0.4, -0.2) is 104 Å². The average Bonchev–Trinajstić information content (AvgIpc) is 3.40. The molecule has 1 heterocycles. The molecule has 0 aliphatic rings. The minimum Gasteiger partial charge on any atom is -0.505 e. The van der Waals surface area contributed by atoms with Gasteiger partial charge < -0.3 is 26.4 Å². The average molecular weight is 1180 g/mol. The van der Waals surface area contributed by atoms with Crippen molar-refractivity contribution in [2.75, 3.05) is 46.0 Å². The minimum absolute atomic E-state index is 0.0588. The number of phenols is 1. The number of azo groups is 1. The highest BCUT2D eigenvalue weighted by Gasteiger charge is 2.21. The van der Waals surface area contributed by atoms with Crippen molar-refractivity contribution in [2.45, 2.75) is 19.6 Å². The molecule has 0 spiro atoms. The number of carbonyl (C=O) groups excluding carboxylic acids is 1. The summed E-state index contributed by atoms with van der Waals surface area (Å²) in [5.41, 5.74) is 1.07. The highest BCUT2D eigenvalue weighted by molar-refractivity contribution is 7.94. The Hall–Kier alpha value is -7.04. The van der Waals surface area contributed by atoms with Crippen LogP contribution in [0.4, 0.5) is 52.0 Å². The van der Waals surface area contributed by atoms with Crippen molar-refractivity contribution in [3.05, 3.63) is 127 Å². The molecule has 1 aromatic heterocycles. The van der Waals surface area contributed by atoms with Crippen LogP contribution < -0.4 is 21.3 Å². The summed E-state index contributed by atoms with van der Waals surface area (Å²) in [4.78, 5) is 25.6. The summed E-state index contributed by atoms with van der Waals surface area (Å²) in [6, 6.07) is 27.5. The fourth-order valence-electron chi connectivity index (χ4n) is 6.50. The largest absolute Gasteiger partial charge is 0.505 e. The Balaban J connectivity index is 1.10. The van der Waals surface area contributed by atoms with Crippen molar-refractivity contribution in [2.24, 2.45) is 10.2 Å². The van der Waals surface area contributed by atoms with E-state index in [9.17, 15) is 48.1 Å². The van der Waals surface area contributed by atoms with Crippen LogP contribution in [0.25, 0.3) is 10.8 Å². The van der Waals surface area contributed by atoms with E-state index in [1.807, 2.05) is 0 Å². The lowest BCUT2D eigenvalue weighted by Gasteiger charge is -2.13. The number of anilines is 7. The second kappa shape index (κ2) is 25.4. The lowest BCUT2D eigenvalue weighted by molar-refractivity contribution is -0.434. The molecule has 0 aliphatic carbocycles. The van der Waals surface area contributed by atoms with Crippen molar-refractivity contribution in [3.8, 4) is 5.75 Å². The van der Waals surface area contributed by atoms with Gasteiger partial charge in [0, 0.05) is 33.7 Å². The first-order chi connectivity index (χ1) is 36.6. The van der Waals surface area contributed by atoms with Gasteiger partial charge in [0.15, 0.2) is 37.7 Å². The molecule has 0 fully saturated rings. The molecule has 6 aromatic carbocycles. The Bertz CT molecular complexity index is 3770. The Morgan fingerprint density at radius 2 is 1.17 bits per heavy atom. The van der Waals surface area contributed by atoms with Crippen LogP contribution in [-0.2, 0) is 67.3 Å². The fraction of sp³-hybridized carbons (Fsp3) is 0.0952. The number of benzene rings is 6. The molecule has 77 heavy (non-hydrogen) atoms. The number of aromatic hydroxyl groups is 1. The molecular weight excluding hydrogens is 1140 g/mol. The fourth-order valence-corrected chi connectivity index (χ4v) is 10.5. The Morgan fingerprint density at radius 3 is 1.81 bits per heavy atom. The summed E-state index contributed by atoms with van der Waals surface area (Å²) in [5, 5.41) is 56.2. The zero-order valence-corrected chi connectivity index (χ0v) is 43.3. The van der Waals surface area contributed by atoms with Gasteiger partial charge in [0.2, 0.25) is 17.8 Å². The molecule has 0 atom stereocenters. The monoisotopic (exact) mass is 1180 g/mol. The van der Waals surface area contributed by atoms with Crippen LogP contribution in [0, 0.1) is 0 Å². The number of phenolic OH excluding ortho intramolecular Hbond substituents is 1. The van der Waals surface area contributed by atoms with E-state index in [1.165, 1.54) is 97.1 Å². The number of nitrogens with one attached hydrogen (secondary N) is 4. The number of aromatic nitrogens is 3. The first-order valence-electron chi connectivity index (χ1n) is 21.1. The third-order valence-electron chi connectivity index (χ3n) is 9.93. The van der Waals surface area contributed by atoms with Gasteiger partial charge in [-0.25, -0.2) is 31.5 Å². The number of sulfone groups is 2. The predicted octanol–water partition coefficient (Wildman–Crippen LogP) is 7.67. The maximum atomic E-state index is 13.1.